The van der Waals surface area contributed by atoms with E-state index >= 15 is 0 Å². The molecule has 0 aromatic heterocycles. The van der Waals surface area contributed by atoms with Crippen molar-refractivity contribution < 1.29 is 9.53 Å². The first-order valence-corrected chi connectivity index (χ1v) is 9.05. The molecular weight excluding hydrogens is 364 g/mol. The molecule has 6 nitrogen and oxygen atoms in total. The van der Waals surface area contributed by atoms with Crippen molar-refractivity contribution in [1.29, 1.82) is 5.26 Å². The number of urea groups is 1. The molecule has 1 aliphatic heterocycles. The second-order valence-electron chi connectivity index (χ2n) is 6.37. The minimum Gasteiger partial charge on any atom is -0.495 e. The third-order valence-electron chi connectivity index (χ3n) is 4.61. The molecule has 0 unspecified atom stereocenters. The zero-order chi connectivity index (χ0) is 19.4. The van der Waals surface area contributed by atoms with Crippen LogP contribution in [0.4, 0.5) is 16.2 Å². The molecule has 1 fully saturated rings. The van der Waals surface area contributed by atoms with Crippen LogP contribution in [0, 0.1) is 18.3 Å². The average molecular weight is 385 g/mol. The molecule has 0 spiro atoms. The number of carbonyl (C=O) groups excluding carboxylic acids is 1. The Labute approximate surface area is 163 Å². The SMILES string of the molecule is COc1cc(Cl)c(C)cc1N1CCN(C(=O)Nc2cccc(C#N)c2)CC1. The minimum atomic E-state index is -0.163. The van der Waals surface area contributed by atoms with Gasteiger partial charge in [-0.15, -0.1) is 0 Å². The molecule has 2 aromatic carbocycles. The van der Waals surface area contributed by atoms with Crippen molar-refractivity contribution in [3.05, 3.63) is 52.5 Å². The molecule has 1 aliphatic rings. The van der Waals surface area contributed by atoms with E-state index in [1.165, 1.54) is 0 Å². The average Bonchev–Trinajstić information content (AvgIpc) is 2.70. The Hall–Kier alpha value is -2.91. The number of nitrogens with zero attached hydrogens (tertiary/aromatic N) is 3. The van der Waals surface area contributed by atoms with E-state index in [1.807, 2.05) is 19.1 Å². The van der Waals surface area contributed by atoms with E-state index in [4.69, 9.17) is 21.6 Å². The molecule has 7 heteroatoms. The van der Waals surface area contributed by atoms with Crippen LogP contribution >= 0.6 is 11.6 Å². The van der Waals surface area contributed by atoms with Crippen molar-refractivity contribution in [2.24, 2.45) is 0 Å². The fourth-order valence-corrected chi connectivity index (χ4v) is 3.23. The van der Waals surface area contributed by atoms with E-state index < -0.39 is 0 Å². The molecule has 140 valence electrons. The molecule has 1 heterocycles. The number of nitriles is 1. The van der Waals surface area contributed by atoms with Gasteiger partial charge in [-0.2, -0.15) is 5.26 Å². The van der Waals surface area contributed by atoms with Crippen molar-refractivity contribution in [2.45, 2.75) is 6.92 Å². The summed E-state index contributed by atoms with van der Waals surface area (Å²) in [5.74, 6) is 0.733. The van der Waals surface area contributed by atoms with Crippen LogP contribution in [0.5, 0.6) is 5.75 Å². The lowest BCUT2D eigenvalue weighted by Gasteiger charge is -2.36. The van der Waals surface area contributed by atoms with Gasteiger partial charge < -0.3 is 19.9 Å². The van der Waals surface area contributed by atoms with Gasteiger partial charge in [-0.25, -0.2) is 4.79 Å². The number of hydrogen-bond donors (Lipinski definition) is 1. The van der Waals surface area contributed by atoms with Crippen molar-refractivity contribution >= 4 is 29.0 Å². The molecule has 0 aliphatic carbocycles. The van der Waals surface area contributed by atoms with Crippen LogP contribution < -0.4 is 15.0 Å². The van der Waals surface area contributed by atoms with Gasteiger partial charge in [0.15, 0.2) is 0 Å². The topological polar surface area (TPSA) is 68.6 Å². The van der Waals surface area contributed by atoms with Gasteiger partial charge in [-0.05, 0) is 36.8 Å². The predicted octanol–water partition coefficient (Wildman–Crippen LogP) is 3.88. The van der Waals surface area contributed by atoms with Crippen molar-refractivity contribution in [2.75, 3.05) is 43.5 Å². The molecule has 0 radical (unpaired) electrons. The fraction of sp³-hybridized carbons (Fsp3) is 0.300. The first-order valence-electron chi connectivity index (χ1n) is 8.67. The number of rotatable bonds is 3. The number of amides is 2. The van der Waals surface area contributed by atoms with Crippen LogP contribution in [0.3, 0.4) is 0 Å². The molecule has 2 amide bonds. The maximum absolute atomic E-state index is 12.5. The van der Waals surface area contributed by atoms with Gasteiger partial charge in [-0.3, -0.25) is 0 Å². The van der Waals surface area contributed by atoms with E-state index in [9.17, 15) is 4.79 Å². The molecule has 1 N–H and O–H groups in total. The molecule has 0 atom stereocenters. The molecule has 0 saturated carbocycles. The fourth-order valence-electron chi connectivity index (χ4n) is 3.08. The normalized spacial score (nSPS) is 13.9. The smallest absolute Gasteiger partial charge is 0.321 e. The maximum atomic E-state index is 12.5. The number of carbonyl (C=O) groups is 1. The van der Waals surface area contributed by atoms with Crippen molar-refractivity contribution in [1.82, 2.24) is 4.90 Å². The number of halogens is 1. The Morgan fingerprint density at radius 3 is 2.63 bits per heavy atom. The van der Waals surface area contributed by atoms with Crippen LogP contribution in [0.2, 0.25) is 5.02 Å². The van der Waals surface area contributed by atoms with Gasteiger partial charge in [0.2, 0.25) is 0 Å². The van der Waals surface area contributed by atoms with Gasteiger partial charge in [0.25, 0.3) is 0 Å². The highest BCUT2D eigenvalue weighted by Crippen LogP contribution is 2.34. The van der Waals surface area contributed by atoms with Crippen LogP contribution in [0.1, 0.15) is 11.1 Å². The number of aryl methyl sites for hydroxylation is 1. The lowest BCUT2D eigenvalue weighted by molar-refractivity contribution is 0.208. The third kappa shape index (κ3) is 4.26. The number of ether oxygens (including phenoxy) is 1. The molecule has 0 bridgehead atoms. The summed E-state index contributed by atoms with van der Waals surface area (Å²) in [5.41, 5.74) is 3.12. The first-order chi connectivity index (χ1) is 13.0. The Balaban J connectivity index is 1.64. The zero-order valence-electron chi connectivity index (χ0n) is 15.3. The van der Waals surface area contributed by atoms with Gasteiger partial charge in [0.05, 0.1) is 24.4 Å². The largest absolute Gasteiger partial charge is 0.495 e. The Morgan fingerprint density at radius 2 is 1.96 bits per heavy atom. The lowest BCUT2D eigenvalue weighted by atomic mass is 10.1. The minimum absolute atomic E-state index is 0.163. The number of piperazine rings is 1. The zero-order valence-corrected chi connectivity index (χ0v) is 16.1. The van der Waals surface area contributed by atoms with E-state index in [0.717, 1.165) is 17.0 Å². The summed E-state index contributed by atoms with van der Waals surface area (Å²) in [4.78, 5) is 16.5. The van der Waals surface area contributed by atoms with Crippen LogP contribution in [0.25, 0.3) is 0 Å². The van der Waals surface area contributed by atoms with Gasteiger partial charge in [0.1, 0.15) is 5.75 Å². The Morgan fingerprint density at radius 1 is 1.22 bits per heavy atom. The van der Waals surface area contributed by atoms with E-state index in [-0.39, 0.29) is 6.03 Å². The highest BCUT2D eigenvalue weighted by Gasteiger charge is 2.23. The summed E-state index contributed by atoms with van der Waals surface area (Å²) in [7, 11) is 1.63. The number of nitrogens with one attached hydrogen (secondary N) is 1. The highest BCUT2D eigenvalue weighted by molar-refractivity contribution is 6.31. The van der Waals surface area contributed by atoms with E-state index in [1.54, 1.807) is 36.3 Å². The van der Waals surface area contributed by atoms with Crippen molar-refractivity contribution in [3.8, 4) is 11.8 Å². The van der Waals surface area contributed by atoms with E-state index in [2.05, 4.69) is 16.3 Å². The van der Waals surface area contributed by atoms with Crippen LogP contribution in [0.15, 0.2) is 36.4 Å². The molecule has 2 aromatic rings. The highest BCUT2D eigenvalue weighted by atomic mass is 35.5. The summed E-state index contributed by atoms with van der Waals surface area (Å²) in [6.07, 6.45) is 0. The summed E-state index contributed by atoms with van der Waals surface area (Å²) < 4.78 is 5.46. The first kappa shape index (κ1) is 18.9. The van der Waals surface area contributed by atoms with Crippen LogP contribution in [-0.4, -0.2) is 44.2 Å². The number of benzene rings is 2. The molecule has 27 heavy (non-hydrogen) atoms. The molecule has 1 saturated heterocycles. The van der Waals surface area contributed by atoms with Crippen LogP contribution in [-0.2, 0) is 0 Å². The van der Waals surface area contributed by atoms with Gasteiger partial charge in [-0.1, -0.05) is 17.7 Å². The summed E-state index contributed by atoms with van der Waals surface area (Å²) >= 11 is 6.19. The summed E-state index contributed by atoms with van der Waals surface area (Å²) in [5, 5.41) is 12.5. The lowest BCUT2D eigenvalue weighted by Crippen LogP contribution is -2.50. The van der Waals surface area contributed by atoms with Crippen molar-refractivity contribution in [3.63, 3.8) is 0 Å². The number of hydrogen-bond acceptors (Lipinski definition) is 4. The molecular formula is C20H21ClN4O2. The van der Waals surface area contributed by atoms with Gasteiger partial charge in [0, 0.05) is 43.0 Å². The predicted molar refractivity (Wildman–Crippen MR) is 107 cm³/mol. The standard InChI is InChI=1S/C20H21ClN4O2/c1-14-10-18(19(27-2)12-17(14)21)24-6-8-25(9-7-24)20(26)23-16-5-3-4-15(11-16)13-22/h3-5,10-12H,6-9H2,1-2H3,(H,23,26). The maximum Gasteiger partial charge on any atom is 0.321 e. The number of anilines is 2. The third-order valence-corrected chi connectivity index (χ3v) is 5.02. The Bertz CT molecular complexity index is 886. The summed E-state index contributed by atoms with van der Waals surface area (Å²) in [6.45, 7) is 4.54. The van der Waals surface area contributed by atoms with E-state index in [0.29, 0.717) is 42.5 Å². The Kier molecular flexibility index (Phi) is 5.72. The monoisotopic (exact) mass is 384 g/mol. The number of methoxy groups -OCH3 is 1. The summed E-state index contributed by atoms with van der Waals surface area (Å²) in [6, 6.07) is 12.6. The second kappa shape index (κ2) is 8.19. The second-order valence-corrected chi connectivity index (χ2v) is 6.78. The molecule has 3 rings (SSSR count). The van der Waals surface area contributed by atoms with Gasteiger partial charge >= 0.3 is 6.03 Å². The quantitative estimate of drug-likeness (QED) is 0.871.